The van der Waals surface area contributed by atoms with Crippen molar-refractivity contribution >= 4 is 47.1 Å². The third-order valence-corrected chi connectivity index (χ3v) is 5.56. The summed E-state index contributed by atoms with van der Waals surface area (Å²) in [6.07, 6.45) is 3.55. The highest BCUT2D eigenvalue weighted by Gasteiger charge is 2.27. The van der Waals surface area contributed by atoms with E-state index in [0.29, 0.717) is 53.6 Å². The SMILES string of the molecule is N#Cc1nc(/C=C/c2ccc(Cl)cc2)oc1N1CCN(C(=O)c2ccccc2Cl)CC1. The second-order valence-corrected chi connectivity index (χ2v) is 7.81. The maximum absolute atomic E-state index is 12.7. The number of hydrogen-bond donors (Lipinski definition) is 0. The van der Waals surface area contributed by atoms with E-state index >= 15 is 0 Å². The first kappa shape index (κ1) is 21.0. The molecule has 1 aliphatic rings. The number of nitrogens with zero attached hydrogens (tertiary/aromatic N) is 4. The number of rotatable bonds is 4. The van der Waals surface area contributed by atoms with Gasteiger partial charge in [-0.05, 0) is 35.9 Å². The maximum atomic E-state index is 12.7. The minimum absolute atomic E-state index is 0.102. The summed E-state index contributed by atoms with van der Waals surface area (Å²) in [5, 5.41) is 10.6. The smallest absolute Gasteiger partial charge is 0.255 e. The molecule has 156 valence electrons. The Morgan fingerprint density at radius 1 is 1.03 bits per heavy atom. The average molecular weight is 453 g/mol. The van der Waals surface area contributed by atoms with Crippen molar-refractivity contribution in [3.8, 4) is 6.07 Å². The number of piperazine rings is 1. The molecule has 0 atom stereocenters. The summed E-state index contributed by atoms with van der Waals surface area (Å²) in [5.41, 5.74) is 1.65. The molecule has 1 fully saturated rings. The molecular weight excluding hydrogens is 435 g/mol. The zero-order valence-corrected chi connectivity index (χ0v) is 18.0. The molecule has 8 heteroatoms. The van der Waals surface area contributed by atoms with Gasteiger partial charge in [0.25, 0.3) is 5.91 Å². The van der Waals surface area contributed by atoms with E-state index in [2.05, 4.69) is 11.1 Å². The van der Waals surface area contributed by atoms with Gasteiger partial charge in [-0.3, -0.25) is 4.79 Å². The molecule has 1 aliphatic heterocycles. The molecule has 0 spiro atoms. The minimum Gasteiger partial charge on any atom is -0.420 e. The van der Waals surface area contributed by atoms with E-state index in [9.17, 15) is 10.1 Å². The summed E-state index contributed by atoms with van der Waals surface area (Å²) < 4.78 is 5.84. The molecule has 0 radical (unpaired) electrons. The van der Waals surface area contributed by atoms with Crippen molar-refractivity contribution in [2.24, 2.45) is 0 Å². The molecule has 1 amide bonds. The number of nitriles is 1. The van der Waals surface area contributed by atoms with Crippen molar-refractivity contribution in [3.63, 3.8) is 0 Å². The third kappa shape index (κ3) is 4.74. The highest BCUT2D eigenvalue weighted by Crippen LogP contribution is 2.25. The van der Waals surface area contributed by atoms with Gasteiger partial charge in [-0.2, -0.15) is 10.2 Å². The van der Waals surface area contributed by atoms with Crippen molar-refractivity contribution in [2.75, 3.05) is 31.1 Å². The maximum Gasteiger partial charge on any atom is 0.255 e. The number of carbonyl (C=O) groups is 1. The molecule has 3 aromatic rings. The van der Waals surface area contributed by atoms with Gasteiger partial charge in [0.1, 0.15) is 6.07 Å². The number of oxazole rings is 1. The molecular formula is C23H18Cl2N4O2. The Labute approximate surface area is 189 Å². The highest BCUT2D eigenvalue weighted by molar-refractivity contribution is 6.33. The highest BCUT2D eigenvalue weighted by atomic mass is 35.5. The number of halogens is 2. The van der Waals surface area contributed by atoms with Gasteiger partial charge in [0, 0.05) is 37.3 Å². The van der Waals surface area contributed by atoms with Crippen LogP contribution >= 0.6 is 23.2 Å². The number of amides is 1. The fraction of sp³-hybridized carbons (Fsp3) is 0.174. The summed E-state index contributed by atoms with van der Waals surface area (Å²) in [6.45, 7) is 2.04. The van der Waals surface area contributed by atoms with Crippen molar-refractivity contribution in [1.29, 1.82) is 5.26 Å². The van der Waals surface area contributed by atoms with E-state index in [-0.39, 0.29) is 11.6 Å². The molecule has 0 saturated carbocycles. The average Bonchev–Trinajstić information content (AvgIpc) is 3.22. The second kappa shape index (κ2) is 9.25. The van der Waals surface area contributed by atoms with Crippen molar-refractivity contribution < 1.29 is 9.21 Å². The molecule has 4 rings (SSSR count). The third-order valence-electron chi connectivity index (χ3n) is 4.98. The van der Waals surface area contributed by atoms with Crippen molar-refractivity contribution in [2.45, 2.75) is 0 Å². The standard InChI is InChI=1S/C23H18Cl2N4O2/c24-17-8-5-16(6-9-17)7-10-21-27-20(15-26)23(31-21)29-13-11-28(12-14-29)22(30)18-3-1-2-4-19(18)25/h1-10H,11-14H2/b10-7+. The molecule has 31 heavy (non-hydrogen) atoms. The first-order valence-electron chi connectivity index (χ1n) is 9.68. The molecule has 2 aromatic carbocycles. The monoisotopic (exact) mass is 452 g/mol. The summed E-state index contributed by atoms with van der Waals surface area (Å²) >= 11 is 12.1. The van der Waals surface area contributed by atoms with Gasteiger partial charge in [-0.1, -0.05) is 47.5 Å². The topological polar surface area (TPSA) is 73.4 Å². The fourth-order valence-corrected chi connectivity index (χ4v) is 3.69. The molecule has 0 N–H and O–H groups in total. The van der Waals surface area contributed by atoms with Crippen LogP contribution in [0.15, 0.2) is 52.9 Å². The molecule has 0 bridgehead atoms. The van der Waals surface area contributed by atoms with Crippen LogP contribution in [0.1, 0.15) is 27.5 Å². The summed E-state index contributed by atoms with van der Waals surface area (Å²) in [5.74, 6) is 0.661. The Morgan fingerprint density at radius 3 is 2.42 bits per heavy atom. The first-order valence-corrected chi connectivity index (χ1v) is 10.4. The summed E-state index contributed by atoms with van der Waals surface area (Å²) in [6, 6.07) is 16.5. The minimum atomic E-state index is -0.102. The van der Waals surface area contributed by atoms with Crippen LogP contribution in [0.5, 0.6) is 0 Å². The number of hydrogen-bond acceptors (Lipinski definition) is 5. The van der Waals surface area contributed by atoms with Gasteiger partial charge in [0.15, 0.2) is 0 Å². The second-order valence-electron chi connectivity index (χ2n) is 6.96. The number of benzene rings is 2. The lowest BCUT2D eigenvalue weighted by Gasteiger charge is -2.34. The van der Waals surface area contributed by atoms with E-state index in [1.807, 2.05) is 23.1 Å². The molecule has 0 unspecified atom stereocenters. The van der Waals surface area contributed by atoms with Crippen LogP contribution in [0.25, 0.3) is 12.2 Å². The predicted molar refractivity (Wildman–Crippen MR) is 121 cm³/mol. The van der Waals surface area contributed by atoms with Gasteiger partial charge in [0.2, 0.25) is 17.5 Å². The Kier molecular flexibility index (Phi) is 6.26. The zero-order valence-electron chi connectivity index (χ0n) is 16.5. The van der Waals surface area contributed by atoms with Crippen LogP contribution in [0.2, 0.25) is 10.0 Å². The van der Waals surface area contributed by atoms with E-state index in [1.54, 1.807) is 47.4 Å². The van der Waals surface area contributed by atoms with Crippen LogP contribution in [0.3, 0.4) is 0 Å². The Morgan fingerprint density at radius 2 is 1.74 bits per heavy atom. The van der Waals surface area contributed by atoms with Gasteiger partial charge in [0.05, 0.1) is 10.6 Å². The molecule has 2 heterocycles. The quantitative estimate of drug-likeness (QED) is 0.557. The predicted octanol–water partition coefficient (Wildman–Crippen LogP) is 4.99. The van der Waals surface area contributed by atoms with Crippen LogP contribution in [-0.4, -0.2) is 42.0 Å². The van der Waals surface area contributed by atoms with E-state index < -0.39 is 0 Å². The lowest BCUT2D eigenvalue weighted by Crippen LogP contribution is -2.49. The first-order chi connectivity index (χ1) is 15.0. The number of aromatic nitrogens is 1. The van der Waals surface area contributed by atoms with Gasteiger partial charge in [-0.25, -0.2) is 0 Å². The summed E-state index contributed by atoms with van der Waals surface area (Å²) in [4.78, 5) is 20.7. The van der Waals surface area contributed by atoms with Crippen LogP contribution in [-0.2, 0) is 0 Å². The van der Waals surface area contributed by atoms with Gasteiger partial charge in [-0.15, -0.1) is 0 Å². The molecule has 1 aromatic heterocycles. The largest absolute Gasteiger partial charge is 0.420 e. The Bertz CT molecular complexity index is 1160. The van der Waals surface area contributed by atoms with Gasteiger partial charge < -0.3 is 14.2 Å². The lowest BCUT2D eigenvalue weighted by atomic mass is 10.2. The van der Waals surface area contributed by atoms with E-state index in [1.165, 1.54) is 0 Å². The van der Waals surface area contributed by atoms with E-state index in [4.69, 9.17) is 27.6 Å². The Hall–Kier alpha value is -3.27. The molecule has 0 aliphatic carbocycles. The van der Waals surface area contributed by atoms with Crippen molar-refractivity contribution in [1.82, 2.24) is 9.88 Å². The summed E-state index contributed by atoms with van der Waals surface area (Å²) in [7, 11) is 0. The lowest BCUT2D eigenvalue weighted by molar-refractivity contribution is 0.0745. The van der Waals surface area contributed by atoms with Crippen LogP contribution in [0.4, 0.5) is 5.88 Å². The Balaban J connectivity index is 1.45. The molecule has 1 saturated heterocycles. The number of anilines is 1. The van der Waals surface area contributed by atoms with Gasteiger partial charge >= 0.3 is 0 Å². The zero-order chi connectivity index (χ0) is 21.8. The molecule has 6 nitrogen and oxygen atoms in total. The van der Waals surface area contributed by atoms with Crippen molar-refractivity contribution in [3.05, 3.63) is 81.3 Å². The van der Waals surface area contributed by atoms with E-state index in [0.717, 1.165) is 5.56 Å². The normalized spacial score (nSPS) is 14.1. The van der Waals surface area contributed by atoms with Crippen LogP contribution < -0.4 is 4.90 Å². The van der Waals surface area contributed by atoms with Crippen LogP contribution in [0, 0.1) is 11.3 Å². The number of carbonyl (C=O) groups excluding carboxylic acids is 1. The fourth-order valence-electron chi connectivity index (χ4n) is 3.35.